The first-order chi connectivity index (χ1) is 8.13. The Morgan fingerprint density at radius 1 is 1.47 bits per heavy atom. The van der Waals surface area contributed by atoms with E-state index in [1.54, 1.807) is 6.07 Å². The summed E-state index contributed by atoms with van der Waals surface area (Å²) in [5.74, 6) is -0.518. The van der Waals surface area contributed by atoms with Crippen LogP contribution in [0.1, 0.15) is 22.4 Å². The summed E-state index contributed by atoms with van der Waals surface area (Å²) in [4.78, 5) is 16.3. The van der Waals surface area contributed by atoms with E-state index in [0.29, 0.717) is 10.7 Å². The second kappa shape index (κ2) is 4.85. The number of amides is 1. The van der Waals surface area contributed by atoms with E-state index >= 15 is 0 Å². The lowest BCUT2D eigenvalue weighted by Crippen LogP contribution is -2.12. The van der Waals surface area contributed by atoms with Crippen molar-refractivity contribution < 1.29 is 4.79 Å². The van der Waals surface area contributed by atoms with Crippen molar-refractivity contribution in [2.24, 2.45) is 5.73 Å². The molecule has 2 aromatic rings. The van der Waals surface area contributed by atoms with E-state index in [1.165, 1.54) is 11.3 Å². The van der Waals surface area contributed by atoms with Crippen molar-refractivity contribution in [3.8, 4) is 10.4 Å². The highest BCUT2D eigenvalue weighted by Crippen LogP contribution is 2.35. The number of halogens is 1. The SMILES string of the molecule is CCc1nc(C(N)=O)c(-c2ccccc2Cl)s1. The third kappa shape index (κ3) is 2.33. The van der Waals surface area contributed by atoms with E-state index < -0.39 is 5.91 Å². The second-order valence-electron chi connectivity index (χ2n) is 3.48. The van der Waals surface area contributed by atoms with Gasteiger partial charge in [-0.2, -0.15) is 0 Å². The number of nitrogens with two attached hydrogens (primary N) is 1. The molecule has 0 radical (unpaired) electrons. The number of aryl methyl sites for hydroxylation is 1. The third-order valence-corrected chi connectivity index (χ3v) is 3.89. The fourth-order valence-corrected chi connectivity index (χ4v) is 2.84. The molecule has 0 aliphatic rings. The number of hydrogen-bond acceptors (Lipinski definition) is 3. The van der Waals surface area contributed by atoms with Crippen LogP contribution in [0.5, 0.6) is 0 Å². The van der Waals surface area contributed by atoms with Crippen LogP contribution in [0.25, 0.3) is 10.4 Å². The van der Waals surface area contributed by atoms with Gasteiger partial charge in [0.15, 0.2) is 0 Å². The molecule has 1 aromatic carbocycles. The Kier molecular flexibility index (Phi) is 3.45. The number of carbonyl (C=O) groups excluding carboxylic acids is 1. The third-order valence-electron chi connectivity index (χ3n) is 2.33. The lowest BCUT2D eigenvalue weighted by Gasteiger charge is -2.01. The maximum absolute atomic E-state index is 11.4. The summed E-state index contributed by atoms with van der Waals surface area (Å²) in [6, 6.07) is 7.36. The number of hydrogen-bond donors (Lipinski definition) is 1. The van der Waals surface area contributed by atoms with Gasteiger partial charge in [0.05, 0.1) is 9.88 Å². The second-order valence-corrected chi connectivity index (χ2v) is 4.97. The van der Waals surface area contributed by atoms with Crippen LogP contribution in [0, 0.1) is 0 Å². The Balaban J connectivity index is 2.62. The molecule has 1 amide bonds. The molecule has 0 fully saturated rings. The fraction of sp³-hybridized carbons (Fsp3) is 0.167. The van der Waals surface area contributed by atoms with Crippen LogP contribution in [0.3, 0.4) is 0 Å². The maximum atomic E-state index is 11.4. The summed E-state index contributed by atoms with van der Waals surface area (Å²) in [7, 11) is 0. The van der Waals surface area contributed by atoms with Crippen LogP contribution >= 0.6 is 22.9 Å². The molecule has 0 saturated carbocycles. The maximum Gasteiger partial charge on any atom is 0.268 e. The highest BCUT2D eigenvalue weighted by molar-refractivity contribution is 7.15. The Morgan fingerprint density at radius 2 is 2.18 bits per heavy atom. The van der Waals surface area contributed by atoms with Crippen molar-refractivity contribution >= 4 is 28.8 Å². The standard InChI is InChI=1S/C12H11ClN2OS/c1-2-9-15-10(12(14)16)11(17-9)7-5-3-4-6-8(7)13/h3-6H,2H2,1H3,(H2,14,16). The zero-order chi connectivity index (χ0) is 12.4. The molecule has 0 unspecified atom stereocenters. The number of rotatable bonds is 3. The summed E-state index contributed by atoms with van der Waals surface area (Å²) in [6.45, 7) is 1.99. The van der Waals surface area contributed by atoms with Crippen LogP contribution in [0.4, 0.5) is 0 Å². The average molecular weight is 267 g/mol. The van der Waals surface area contributed by atoms with Crippen LogP contribution in [-0.2, 0) is 6.42 Å². The van der Waals surface area contributed by atoms with Gasteiger partial charge in [0.1, 0.15) is 5.69 Å². The van der Waals surface area contributed by atoms with Crippen molar-refractivity contribution in [2.45, 2.75) is 13.3 Å². The van der Waals surface area contributed by atoms with Gasteiger partial charge < -0.3 is 5.73 Å². The summed E-state index contributed by atoms with van der Waals surface area (Å²) < 4.78 is 0. The Bertz CT molecular complexity index is 565. The van der Waals surface area contributed by atoms with Crippen molar-refractivity contribution in [3.05, 3.63) is 40.0 Å². The minimum atomic E-state index is -0.518. The number of aromatic nitrogens is 1. The molecule has 5 heteroatoms. The van der Waals surface area contributed by atoms with Crippen LogP contribution in [-0.4, -0.2) is 10.9 Å². The van der Waals surface area contributed by atoms with E-state index in [4.69, 9.17) is 17.3 Å². The van der Waals surface area contributed by atoms with Gasteiger partial charge in [0.25, 0.3) is 5.91 Å². The van der Waals surface area contributed by atoms with Gasteiger partial charge in [-0.15, -0.1) is 11.3 Å². The Morgan fingerprint density at radius 3 is 2.76 bits per heavy atom. The quantitative estimate of drug-likeness (QED) is 0.928. The van der Waals surface area contributed by atoms with Gasteiger partial charge in [0.2, 0.25) is 0 Å². The van der Waals surface area contributed by atoms with E-state index in [9.17, 15) is 4.79 Å². The van der Waals surface area contributed by atoms with Crippen LogP contribution < -0.4 is 5.73 Å². The molecule has 0 saturated heterocycles. The van der Waals surface area contributed by atoms with Gasteiger partial charge >= 0.3 is 0 Å². The van der Waals surface area contributed by atoms with Crippen LogP contribution in [0.15, 0.2) is 24.3 Å². The minimum Gasteiger partial charge on any atom is -0.364 e. The van der Waals surface area contributed by atoms with E-state index in [-0.39, 0.29) is 0 Å². The summed E-state index contributed by atoms with van der Waals surface area (Å²) in [6.07, 6.45) is 0.773. The molecule has 2 N–H and O–H groups in total. The smallest absolute Gasteiger partial charge is 0.268 e. The molecule has 0 aliphatic carbocycles. The Labute approximate surface area is 108 Å². The minimum absolute atomic E-state index is 0.306. The molecule has 1 aromatic heterocycles. The number of nitrogens with zero attached hydrogens (tertiary/aromatic N) is 1. The summed E-state index contributed by atoms with van der Waals surface area (Å²) in [5, 5.41) is 1.48. The lowest BCUT2D eigenvalue weighted by molar-refractivity contribution is 0.0996. The largest absolute Gasteiger partial charge is 0.364 e. The van der Waals surface area contributed by atoms with Gasteiger partial charge in [-0.1, -0.05) is 36.7 Å². The van der Waals surface area contributed by atoms with E-state index in [1.807, 2.05) is 25.1 Å². The fourth-order valence-electron chi connectivity index (χ4n) is 1.51. The lowest BCUT2D eigenvalue weighted by atomic mass is 10.1. The van der Waals surface area contributed by atoms with Gasteiger partial charge in [0, 0.05) is 10.6 Å². The molecule has 88 valence electrons. The highest BCUT2D eigenvalue weighted by Gasteiger charge is 2.18. The topological polar surface area (TPSA) is 56.0 Å². The number of carbonyl (C=O) groups is 1. The predicted octanol–water partition coefficient (Wildman–Crippen LogP) is 3.12. The first-order valence-corrected chi connectivity index (χ1v) is 6.37. The molecule has 2 rings (SSSR count). The molecule has 0 bridgehead atoms. The van der Waals surface area contributed by atoms with Crippen molar-refractivity contribution in [3.63, 3.8) is 0 Å². The molecule has 0 aliphatic heterocycles. The zero-order valence-electron chi connectivity index (χ0n) is 9.24. The van der Waals surface area contributed by atoms with Crippen molar-refractivity contribution in [2.75, 3.05) is 0 Å². The molecular weight excluding hydrogens is 256 g/mol. The van der Waals surface area contributed by atoms with E-state index in [2.05, 4.69) is 4.98 Å². The average Bonchev–Trinajstić information content (AvgIpc) is 2.73. The first-order valence-electron chi connectivity index (χ1n) is 5.18. The van der Waals surface area contributed by atoms with Crippen molar-refractivity contribution in [1.29, 1.82) is 0 Å². The van der Waals surface area contributed by atoms with E-state index in [0.717, 1.165) is 21.9 Å². The Hall–Kier alpha value is -1.39. The predicted molar refractivity (Wildman–Crippen MR) is 70.5 cm³/mol. The van der Waals surface area contributed by atoms with Crippen LogP contribution in [0.2, 0.25) is 5.02 Å². The van der Waals surface area contributed by atoms with Gasteiger partial charge in [-0.3, -0.25) is 4.79 Å². The molecule has 0 spiro atoms. The number of thiazole rings is 1. The first kappa shape index (κ1) is 12.1. The number of benzene rings is 1. The molecule has 3 nitrogen and oxygen atoms in total. The summed E-state index contributed by atoms with van der Waals surface area (Å²) in [5.41, 5.74) is 6.44. The summed E-state index contributed by atoms with van der Waals surface area (Å²) >= 11 is 7.57. The van der Waals surface area contributed by atoms with Gasteiger partial charge in [-0.05, 0) is 12.5 Å². The molecule has 17 heavy (non-hydrogen) atoms. The molecular formula is C12H11ClN2OS. The monoisotopic (exact) mass is 266 g/mol. The molecule has 1 heterocycles. The van der Waals surface area contributed by atoms with Crippen molar-refractivity contribution in [1.82, 2.24) is 4.98 Å². The normalized spacial score (nSPS) is 10.5. The zero-order valence-corrected chi connectivity index (χ0v) is 10.8. The highest BCUT2D eigenvalue weighted by atomic mass is 35.5. The molecule has 0 atom stereocenters. The number of primary amides is 1. The van der Waals surface area contributed by atoms with Gasteiger partial charge in [-0.25, -0.2) is 4.98 Å².